The molecule has 4 nitrogen and oxygen atoms in total. The maximum Gasteiger partial charge on any atom is 0.224 e. The lowest BCUT2D eigenvalue weighted by molar-refractivity contribution is -0.116. The normalized spacial score (nSPS) is 12.0. The number of amides is 1. The molecule has 0 saturated heterocycles. The molecule has 1 aromatic carbocycles. The van der Waals surface area contributed by atoms with E-state index in [0.29, 0.717) is 25.1 Å². The largest absolute Gasteiger partial charge is 0.326 e. The van der Waals surface area contributed by atoms with Crippen LogP contribution >= 0.6 is 11.3 Å². The van der Waals surface area contributed by atoms with E-state index in [2.05, 4.69) is 5.32 Å². The Labute approximate surface area is 130 Å². The van der Waals surface area contributed by atoms with E-state index in [0.717, 1.165) is 15.5 Å². The first kappa shape index (κ1) is 15.9. The molecule has 0 aliphatic carbocycles. The summed E-state index contributed by atoms with van der Waals surface area (Å²) in [6.45, 7) is 0.448. The van der Waals surface area contributed by atoms with Gasteiger partial charge in [0.25, 0.3) is 0 Å². The van der Waals surface area contributed by atoms with E-state index in [-0.39, 0.29) is 5.91 Å². The van der Waals surface area contributed by atoms with Crippen LogP contribution in [0.4, 0.5) is 5.69 Å². The molecule has 0 radical (unpaired) electrons. The van der Waals surface area contributed by atoms with Gasteiger partial charge in [0.05, 0.1) is 15.0 Å². The van der Waals surface area contributed by atoms with E-state index in [1.807, 2.05) is 41.8 Å². The standard InChI is InChI=1S/C15H18N2O2S2/c16-11-12-4-1-5-13(10-12)17-14(18)6-3-9-21(19)15-7-2-8-20-15/h1-2,4-5,7-8,10H,3,6,9,11,16H2,(H,17,18). The van der Waals surface area contributed by atoms with Crippen LogP contribution in [-0.4, -0.2) is 15.9 Å². The van der Waals surface area contributed by atoms with E-state index in [1.54, 1.807) is 0 Å². The number of hydrogen-bond acceptors (Lipinski definition) is 4. The van der Waals surface area contributed by atoms with Crippen molar-refractivity contribution in [3.8, 4) is 0 Å². The molecule has 1 atom stereocenters. The van der Waals surface area contributed by atoms with Gasteiger partial charge in [-0.15, -0.1) is 11.3 Å². The van der Waals surface area contributed by atoms with E-state index < -0.39 is 10.8 Å². The van der Waals surface area contributed by atoms with Crippen molar-refractivity contribution in [3.63, 3.8) is 0 Å². The maximum atomic E-state index is 11.9. The zero-order valence-corrected chi connectivity index (χ0v) is 13.2. The van der Waals surface area contributed by atoms with Crippen LogP contribution in [0.1, 0.15) is 18.4 Å². The predicted molar refractivity (Wildman–Crippen MR) is 87.8 cm³/mol. The van der Waals surface area contributed by atoms with Gasteiger partial charge in [-0.1, -0.05) is 18.2 Å². The summed E-state index contributed by atoms with van der Waals surface area (Å²) in [5.41, 5.74) is 7.29. The molecule has 1 aromatic heterocycles. The molecule has 0 bridgehead atoms. The summed E-state index contributed by atoms with van der Waals surface area (Å²) in [4.78, 5) is 11.8. The number of benzene rings is 1. The number of carbonyl (C=O) groups is 1. The summed E-state index contributed by atoms with van der Waals surface area (Å²) in [6.07, 6.45) is 0.969. The van der Waals surface area contributed by atoms with Crippen molar-refractivity contribution < 1.29 is 9.00 Å². The summed E-state index contributed by atoms with van der Waals surface area (Å²) in [5.74, 6) is 0.448. The van der Waals surface area contributed by atoms with Gasteiger partial charge in [0.15, 0.2) is 0 Å². The molecule has 2 aromatic rings. The molecule has 0 saturated carbocycles. The van der Waals surface area contributed by atoms with Crippen molar-refractivity contribution in [1.29, 1.82) is 0 Å². The molecule has 6 heteroatoms. The minimum absolute atomic E-state index is 0.0626. The Bertz CT molecular complexity index is 612. The zero-order chi connectivity index (χ0) is 15.1. The monoisotopic (exact) mass is 322 g/mol. The lowest BCUT2D eigenvalue weighted by atomic mass is 10.2. The Morgan fingerprint density at radius 1 is 1.29 bits per heavy atom. The smallest absolute Gasteiger partial charge is 0.224 e. The molecule has 2 rings (SSSR count). The first-order valence-electron chi connectivity index (χ1n) is 6.70. The topological polar surface area (TPSA) is 72.2 Å². The van der Waals surface area contributed by atoms with Crippen LogP contribution in [0.15, 0.2) is 46.0 Å². The Kier molecular flexibility index (Phi) is 6.10. The number of rotatable bonds is 7. The van der Waals surface area contributed by atoms with Gasteiger partial charge in [-0.05, 0) is 35.6 Å². The Morgan fingerprint density at radius 2 is 2.14 bits per heavy atom. The Balaban J connectivity index is 1.76. The minimum atomic E-state index is -0.998. The van der Waals surface area contributed by atoms with Crippen LogP contribution in [0.3, 0.4) is 0 Å². The molecule has 1 unspecified atom stereocenters. The molecule has 112 valence electrons. The molecule has 0 aliphatic heterocycles. The second-order valence-electron chi connectivity index (χ2n) is 4.54. The van der Waals surface area contributed by atoms with Crippen LogP contribution < -0.4 is 11.1 Å². The number of nitrogens with two attached hydrogens (primary N) is 1. The third kappa shape index (κ3) is 5.08. The molecule has 21 heavy (non-hydrogen) atoms. The Hall–Kier alpha value is -1.50. The summed E-state index contributed by atoms with van der Waals surface area (Å²) < 4.78 is 12.8. The molecular weight excluding hydrogens is 304 g/mol. The van der Waals surface area contributed by atoms with Crippen molar-refractivity contribution >= 4 is 33.7 Å². The summed E-state index contributed by atoms with van der Waals surface area (Å²) in [6, 6.07) is 11.2. The van der Waals surface area contributed by atoms with Gasteiger partial charge in [0, 0.05) is 24.4 Å². The number of thiophene rings is 1. The lowest BCUT2D eigenvalue weighted by Gasteiger charge is -2.06. The highest BCUT2D eigenvalue weighted by molar-refractivity contribution is 7.87. The van der Waals surface area contributed by atoms with Gasteiger partial charge in [0.2, 0.25) is 5.91 Å². The van der Waals surface area contributed by atoms with Crippen molar-refractivity contribution in [3.05, 3.63) is 47.3 Å². The van der Waals surface area contributed by atoms with Gasteiger partial charge in [-0.25, -0.2) is 0 Å². The molecule has 0 aliphatic rings. The van der Waals surface area contributed by atoms with Crippen LogP contribution in [0.25, 0.3) is 0 Å². The minimum Gasteiger partial charge on any atom is -0.326 e. The Morgan fingerprint density at radius 3 is 2.86 bits per heavy atom. The van der Waals surface area contributed by atoms with Gasteiger partial charge >= 0.3 is 0 Å². The van der Waals surface area contributed by atoms with E-state index in [1.165, 1.54) is 11.3 Å². The van der Waals surface area contributed by atoms with Crippen molar-refractivity contribution in [2.45, 2.75) is 23.6 Å². The van der Waals surface area contributed by atoms with Gasteiger partial charge in [-0.2, -0.15) is 0 Å². The van der Waals surface area contributed by atoms with E-state index in [9.17, 15) is 9.00 Å². The highest BCUT2D eigenvalue weighted by Crippen LogP contribution is 2.15. The van der Waals surface area contributed by atoms with Crippen molar-refractivity contribution in [2.75, 3.05) is 11.1 Å². The molecule has 3 N–H and O–H groups in total. The van der Waals surface area contributed by atoms with Crippen LogP contribution in [0.2, 0.25) is 0 Å². The molecular formula is C15H18N2O2S2. The van der Waals surface area contributed by atoms with Gasteiger partial charge in [-0.3, -0.25) is 9.00 Å². The quantitative estimate of drug-likeness (QED) is 0.823. The zero-order valence-electron chi connectivity index (χ0n) is 11.6. The van der Waals surface area contributed by atoms with Crippen molar-refractivity contribution in [1.82, 2.24) is 0 Å². The molecule has 1 amide bonds. The van der Waals surface area contributed by atoms with Gasteiger partial charge in [0.1, 0.15) is 0 Å². The average Bonchev–Trinajstić information content (AvgIpc) is 3.01. The maximum absolute atomic E-state index is 11.9. The third-order valence-electron chi connectivity index (χ3n) is 2.90. The summed E-state index contributed by atoms with van der Waals surface area (Å²) in [5, 5.41) is 4.74. The summed E-state index contributed by atoms with van der Waals surface area (Å²) in [7, 11) is -0.998. The van der Waals surface area contributed by atoms with Gasteiger partial charge < -0.3 is 11.1 Å². The molecule has 0 fully saturated rings. The van der Waals surface area contributed by atoms with Crippen LogP contribution in [0.5, 0.6) is 0 Å². The molecule has 0 spiro atoms. The molecule has 1 heterocycles. The summed E-state index contributed by atoms with van der Waals surface area (Å²) >= 11 is 1.48. The lowest BCUT2D eigenvalue weighted by Crippen LogP contribution is -2.13. The first-order chi connectivity index (χ1) is 10.2. The second kappa shape index (κ2) is 8.07. The van der Waals surface area contributed by atoms with Crippen LogP contribution in [0, 0.1) is 0 Å². The third-order valence-corrected chi connectivity index (χ3v) is 5.65. The van der Waals surface area contributed by atoms with E-state index in [4.69, 9.17) is 5.73 Å². The van der Waals surface area contributed by atoms with E-state index >= 15 is 0 Å². The highest BCUT2D eigenvalue weighted by atomic mass is 32.2. The second-order valence-corrected chi connectivity index (χ2v) is 7.28. The predicted octanol–water partition coefficient (Wildman–Crippen LogP) is 2.73. The fourth-order valence-electron chi connectivity index (χ4n) is 1.86. The first-order valence-corrected chi connectivity index (χ1v) is 8.89. The fourth-order valence-corrected chi connectivity index (χ4v) is 3.99. The fraction of sp³-hybridized carbons (Fsp3) is 0.267. The van der Waals surface area contributed by atoms with Crippen LogP contribution in [-0.2, 0) is 22.1 Å². The SMILES string of the molecule is NCc1cccc(NC(=O)CCCS(=O)c2cccs2)c1. The number of nitrogens with one attached hydrogen (secondary N) is 1. The number of hydrogen-bond donors (Lipinski definition) is 2. The highest BCUT2D eigenvalue weighted by Gasteiger charge is 2.07. The number of carbonyl (C=O) groups excluding carboxylic acids is 1. The number of anilines is 1. The van der Waals surface area contributed by atoms with Crippen molar-refractivity contribution in [2.24, 2.45) is 5.73 Å². The average molecular weight is 322 g/mol.